The molecule has 0 amide bonds. The third kappa shape index (κ3) is 1.74. The predicted molar refractivity (Wildman–Crippen MR) is 56.4 cm³/mol. The maximum absolute atomic E-state index is 6.06. The molecule has 2 aromatic rings. The Morgan fingerprint density at radius 2 is 2.36 bits per heavy atom. The van der Waals surface area contributed by atoms with Crippen LogP contribution < -0.4 is 5.73 Å². The maximum Gasteiger partial charge on any atom is 0.181 e. The van der Waals surface area contributed by atoms with Crippen LogP contribution in [0.15, 0.2) is 22.9 Å². The van der Waals surface area contributed by atoms with Gasteiger partial charge in [0.2, 0.25) is 0 Å². The Balaban J connectivity index is 2.48. The molecule has 1 heterocycles. The minimum atomic E-state index is 0.0943. The second-order valence-electron chi connectivity index (χ2n) is 3.45. The van der Waals surface area contributed by atoms with Crippen LogP contribution in [0.2, 0.25) is 5.02 Å². The number of hydrogen-bond donors (Lipinski definition) is 1. The average molecular weight is 211 g/mol. The highest BCUT2D eigenvalue weighted by Crippen LogP contribution is 2.23. The van der Waals surface area contributed by atoms with Crippen molar-refractivity contribution in [1.29, 1.82) is 0 Å². The van der Waals surface area contributed by atoms with Crippen molar-refractivity contribution in [3.8, 4) is 0 Å². The van der Waals surface area contributed by atoms with Crippen molar-refractivity contribution in [2.75, 3.05) is 0 Å². The van der Waals surface area contributed by atoms with Gasteiger partial charge in [-0.2, -0.15) is 0 Å². The van der Waals surface area contributed by atoms with Crippen LogP contribution >= 0.6 is 11.6 Å². The molecule has 74 valence electrons. The molecule has 0 aliphatic carbocycles. The number of oxazole rings is 1. The van der Waals surface area contributed by atoms with Crippen molar-refractivity contribution in [1.82, 2.24) is 4.98 Å². The summed E-state index contributed by atoms with van der Waals surface area (Å²) in [5.74, 6) is 0. The normalized spacial score (nSPS) is 13.4. The molecule has 0 saturated carbocycles. The summed E-state index contributed by atoms with van der Waals surface area (Å²) >= 11 is 6.06. The van der Waals surface area contributed by atoms with Crippen molar-refractivity contribution in [3.05, 3.63) is 29.1 Å². The molecule has 1 aromatic carbocycles. The fourth-order valence-electron chi connectivity index (χ4n) is 1.43. The zero-order valence-corrected chi connectivity index (χ0v) is 8.58. The molecule has 0 bridgehead atoms. The molecule has 0 aliphatic rings. The summed E-state index contributed by atoms with van der Waals surface area (Å²) in [7, 11) is 0. The molecule has 1 unspecified atom stereocenters. The van der Waals surface area contributed by atoms with Gasteiger partial charge in [0.05, 0.1) is 0 Å². The predicted octanol–water partition coefficient (Wildman–Crippen LogP) is 2.37. The van der Waals surface area contributed by atoms with Crippen LogP contribution in [-0.4, -0.2) is 11.0 Å². The molecule has 0 fully saturated rings. The molecule has 4 heteroatoms. The van der Waals surface area contributed by atoms with E-state index in [1.54, 1.807) is 6.07 Å². The number of fused-ring (bicyclic) bond motifs is 1. The summed E-state index contributed by atoms with van der Waals surface area (Å²) in [5, 5.41) is 0.687. The Labute approximate surface area is 86.9 Å². The quantitative estimate of drug-likeness (QED) is 0.828. The monoisotopic (exact) mass is 210 g/mol. The van der Waals surface area contributed by atoms with Crippen molar-refractivity contribution in [3.63, 3.8) is 0 Å². The number of rotatable bonds is 2. The van der Waals surface area contributed by atoms with Gasteiger partial charge in [0.1, 0.15) is 5.52 Å². The van der Waals surface area contributed by atoms with Crippen LogP contribution in [0.25, 0.3) is 11.1 Å². The standard InChI is InChI=1S/C10H11ClN2O/c1-6(12)2-7-3-9-10(4-8(7)11)14-5-13-9/h3-6H,2,12H2,1H3. The molecule has 3 nitrogen and oxygen atoms in total. The zero-order valence-electron chi connectivity index (χ0n) is 7.83. The fourth-order valence-corrected chi connectivity index (χ4v) is 1.66. The molecule has 14 heavy (non-hydrogen) atoms. The summed E-state index contributed by atoms with van der Waals surface area (Å²) in [6, 6.07) is 3.79. The van der Waals surface area contributed by atoms with Crippen molar-refractivity contribution in [2.24, 2.45) is 5.73 Å². The van der Waals surface area contributed by atoms with Gasteiger partial charge in [0.25, 0.3) is 0 Å². The first-order valence-electron chi connectivity index (χ1n) is 4.44. The number of aromatic nitrogens is 1. The van der Waals surface area contributed by atoms with E-state index in [2.05, 4.69) is 4.98 Å². The fraction of sp³-hybridized carbons (Fsp3) is 0.300. The average Bonchev–Trinajstić information content (AvgIpc) is 2.51. The Kier molecular flexibility index (Phi) is 2.44. The van der Waals surface area contributed by atoms with E-state index in [1.807, 2.05) is 13.0 Å². The Hall–Kier alpha value is -1.06. The Morgan fingerprint density at radius 3 is 3.07 bits per heavy atom. The highest BCUT2D eigenvalue weighted by molar-refractivity contribution is 6.32. The molecule has 2 N–H and O–H groups in total. The van der Waals surface area contributed by atoms with Crippen LogP contribution in [0.4, 0.5) is 0 Å². The molecular formula is C10H11ClN2O. The van der Waals surface area contributed by atoms with E-state index in [1.165, 1.54) is 6.39 Å². The molecule has 2 rings (SSSR count). The van der Waals surface area contributed by atoms with E-state index in [-0.39, 0.29) is 6.04 Å². The van der Waals surface area contributed by atoms with Crippen LogP contribution in [0, 0.1) is 0 Å². The number of nitrogens with two attached hydrogens (primary N) is 1. The van der Waals surface area contributed by atoms with Gasteiger partial charge in [-0.05, 0) is 25.0 Å². The lowest BCUT2D eigenvalue weighted by Crippen LogP contribution is -2.17. The van der Waals surface area contributed by atoms with Gasteiger partial charge in [-0.3, -0.25) is 0 Å². The third-order valence-corrected chi connectivity index (χ3v) is 2.39. The van der Waals surface area contributed by atoms with Gasteiger partial charge < -0.3 is 10.2 Å². The van der Waals surface area contributed by atoms with Gasteiger partial charge in [-0.15, -0.1) is 0 Å². The lowest BCUT2D eigenvalue weighted by atomic mass is 10.1. The van der Waals surface area contributed by atoms with E-state index in [0.717, 1.165) is 17.5 Å². The van der Waals surface area contributed by atoms with Gasteiger partial charge in [0, 0.05) is 17.1 Å². The van der Waals surface area contributed by atoms with Crippen molar-refractivity contribution in [2.45, 2.75) is 19.4 Å². The van der Waals surface area contributed by atoms with Crippen molar-refractivity contribution >= 4 is 22.7 Å². The highest BCUT2D eigenvalue weighted by Gasteiger charge is 2.07. The van der Waals surface area contributed by atoms with Crippen LogP contribution in [-0.2, 0) is 6.42 Å². The smallest absolute Gasteiger partial charge is 0.181 e. The van der Waals surface area contributed by atoms with E-state index in [0.29, 0.717) is 10.6 Å². The van der Waals surface area contributed by atoms with E-state index in [9.17, 15) is 0 Å². The Morgan fingerprint density at radius 1 is 1.57 bits per heavy atom. The van der Waals surface area contributed by atoms with Gasteiger partial charge in [-0.1, -0.05) is 11.6 Å². The lowest BCUT2D eigenvalue weighted by Gasteiger charge is -2.06. The summed E-state index contributed by atoms with van der Waals surface area (Å²) in [4.78, 5) is 4.06. The SMILES string of the molecule is CC(N)Cc1cc2ncoc2cc1Cl. The van der Waals surface area contributed by atoms with Gasteiger partial charge in [0.15, 0.2) is 12.0 Å². The largest absolute Gasteiger partial charge is 0.443 e. The first-order valence-corrected chi connectivity index (χ1v) is 4.82. The lowest BCUT2D eigenvalue weighted by molar-refractivity contribution is 0.602. The molecule has 1 atom stereocenters. The molecule has 0 saturated heterocycles. The van der Waals surface area contributed by atoms with E-state index in [4.69, 9.17) is 21.8 Å². The second kappa shape index (κ2) is 3.59. The van der Waals surface area contributed by atoms with Gasteiger partial charge in [-0.25, -0.2) is 4.98 Å². The molecular weight excluding hydrogens is 200 g/mol. The number of nitrogens with zero attached hydrogens (tertiary/aromatic N) is 1. The minimum absolute atomic E-state index is 0.0943. The minimum Gasteiger partial charge on any atom is -0.443 e. The topological polar surface area (TPSA) is 52.0 Å². The molecule has 0 radical (unpaired) electrons. The first kappa shape index (κ1) is 9.49. The van der Waals surface area contributed by atoms with Crippen LogP contribution in [0.1, 0.15) is 12.5 Å². The summed E-state index contributed by atoms with van der Waals surface area (Å²) in [6.07, 6.45) is 2.16. The second-order valence-corrected chi connectivity index (χ2v) is 3.85. The number of hydrogen-bond acceptors (Lipinski definition) is 3. The first-order chi connectivity index (χ1) is 6.66. The zero-order chi connectivity index (χ0) is 10.1. The van der Waals surface area contributed by atoms with E-state index >= 15 is 0 Å². The molecule has 0 aliphatic heterocycles. The van der Waals surface area contributed by atoms with Crippen molar-refractivity contribution < 1.29 is 4.42 Å². The van der Waals surface area contributed by atoms with E-state index < -0.39 is 0 Å². The number of benzene rings is 1. The van der Waals surface area contributed by atoms with Gasteiger partial charge >= 0.3 is 0 Å². The highest BCUT2D eigenvalue weighted by atomic mass is 35.5. The summed E-state index contributed by atoms with van der Waals surface area (Å²) in [5.41, 5.74) is 8.26. The molecule has 0 spiro atoms. The Bertz CT molecular complexity index is 450. The number of halogens is 1. The third-order valence-electron chi connectivity index (χ3n) is 2.04. The van der Waals surface area contributed by atoms with Crippen LogP contribution in [0.3, 0.4) is 0 Å². The molecule has 1 aromatic heterocycles. The summed E-state index contributed by atoms with van der Waals surface area (Å²) < 4.78 is 5.13. The van der Waals surface area contributed by atoms with Crippen LogP contribution in [0.5, 0.6) is 0 Å². The maximum atomic E-state index is 6.06. The summed E-state index contributed by atoms with van der Waals surface area (Å²) in [6.45, 7) is 1.95.